The average Bonchev–Trinajstić information content (AvgIpc) is 2.92. The van der Waals surface area contributed by atoms with E-state index in [4.69, 9.17) is 9.72 Å². The van der Waals surface area contributed by atoms with Gasteiger partial charge in [-0.1, -0.05) is 20.8 Å². The van der Waals surface area contributed by atoms with Crippen molar-refractivity contribution in [2.24, 2.45) is 5.92 Å². The van der Waals surface area contributed by atoms with Crippen LogP contribution in [0.1, 0.15) is 39.4 Å². The lowest BCUT2D eigenvalue weighted by molar-refractivity contribution is -0.0905. The van der Waals surface area contributed by atoms with Crippen molar-refractivity contribution < 1.29 is 13.5 Å². The van der Waals surface area contributed by atoms with E-state index in [0.29, 0.717) is 5.92 Å². The molecule has 0 bridgehead atoms. The Labute approximate surface area is 163 Å². The Morgan fingerprint density at radius 3 is 2.56 bits per heavy atom. The van der Waals surface area contributed by atoms with Crippen LogP contribution in [0.4, 0.5) is 8.78 Å². The molecule has 0 spiro atoms. The molecule has 27 heavy (non-hydrogen) atoms. The zero-order valence-corrected chi connectivity index (χ0v) is 17.0. The summed E-state index contributed by atoms with van der Waals surface area (Å²) in [6.45, 7) is 8.83. The number of hydrogen-bond acceptors (Lipinski definition) is 4. The van der Waals surface area contributed by atoms with Gasteiger partial charge in [0.2, 0.25) is 0 Å². The standard InChI is InChI=1S/C20H27F2N3OS/c1-19(2,3)18-23-16-10-15(27-24-12-20(21,22)13-24)4-5-17(16)25(18)11-14-6-8-26-9-7-14/h4-5,10,14H,6-9,11-13H2,1-3H3. The zero-order chi connectivity index (χ0) is 19.2. The van der Waals surface area contributed by atoms with Crippen molar-refractivity contribution in [3.63, 3.8) is 0 Å². The highest BCUT2D eigenvalue weighted by Gasteiger charge is 2.44. The van der Waals surface area contributed by atoms with Crippen LogP contribution in [0, 0.1) is 5.92 Å². The summed E-state index contributed by atoms with van der Waals surface area (Å²) < 4.78 is 35.7. The number of imidazole rings is 1. The monoisotopic (exact) mass is 395 g/mol. The van der Waals surface area contributed by atoms with E-state index in [1.54, 1.807) is 4.31 Å². The second-order valence-electron chi connectivity index (χ2n) is 8.75. The number of alkyl halides is 2. The van der Waals surface area contributed by atoms with Gasteiger partial charge in [0, 0.05) is 30.1 Å². The molecule has 148 valence electrons. The fourth-order valence-corrected chi connectivity index (χ4v) is 4.89. The van der Waals surface area contributed by atoms with Gasteiger partial charge in [-0.3, -0.25) is 0 Å². The van der Waals surface area contributed by atoms with E-state index in [-0.39, 0.29) is 18.5 Å². The lowest BCUT2D eigenvalue weighted by Crippen LogP contribution is -2.52. The van der Waals surface area contributed by atoms with Crippen LogP contribution >= 0.6 is 11.9 Å². The van der Waals surface area contributed by atoms with Gasteiger partial charge < -0.3 is 9.30 Å². The minimum Gasteiger partial charge on any atom is -0.381 e. The smallest absolute Gasteiger partial charge is 0.274 e. The van der Waals surface area contributed by atoms with Crippen molar-refractivity contribution in [2.75, 3.05) is 26.3 Å². The first-order chi connectivity index (χ1) is 12.7. The highest BCUT2D eigenvalue weighted by molar-refractivity contribution is 7.97. The first-order valence-corrected chi connectivity index (χ1v) is 10.4. The second kappa shape index (κ2) is 7.01. The Balaban J connectivity index is 1.61. The fraction of sp³-hybridized carbons (Fsp3) is 0.650. The topological polar surface area (TPSA) is 30.3 Å². The predicted octanol–water partition coefficient (Wildman–Crippen LogP) is 4.72. The third kappa shape index (κ3) is 4.15. The third-order valence-corrected chi connectivity index (χ3v) is 6.20. The summed E-state index contributed by atoms with van der Waals surface area (Å²) in [5.41, 5.74) is 2.02. The van der Waals surface area contributed by atoms with Crippen LogP contribution in [0.3, 0.4) is 0 Å². The number of aromatic nitrogens is 2. The molecular formula is C20H27F2N3OS. The minimum atomic E-state index is -2.54. The number of rotatable bonds is 4. The Hall–Kier alpha value is -1.18. The van der Waals surface area contributed by atoms with Crippen LogP contribution < -0.4 is 0 Å². The van der Waals surface area contributed by atoms with E-state index < -0.39 is 5.92 Å². The molecule has 1 aromatic carbocycles. The van der Waals surface area contributed by atoms with Crippen molar-refractivity contribution in [3.8, 4) is 0 Å². The number of fused-ring (bicyclic) bond motifs is 1. The molecule has 1 aromatic heterocycles. The molecule has 4 nitrogen and oxygen atoms in total. The van der Waals surface area contributed by atoms with Gasteiger partial charge in [-0.2, -0.15) is 0 Å². The van der Waals surface area contributed by atoms with Crippen molar-refractivity contribution in [1.29, 1.82) is 0 Å². The Morgan fingerprint density at radius 1 is 1.22 bits per heavy atom. The summed E-state index contributed by atoms with van der Waals surface area (Å²) in [6.07, 6.45) is 2.17. The van der Waals surface area contributed by atoms with Gasteiger partial charge in [-0.15, -0.1) is 0 Å². The number of nitrogens with zero attached hydrogens (tertiary/aromatic N) is 3. The van der Waals surface area contributed by atoms with Gasteiger partial charge in [0.25, 0.3) is 5.92 Å². The molecule has 2 fully saturated rings. The predicted molar refractivity (Wildman–Crippen MR) is 104 cm³/mol. The number of hydrogen-bond donors (Lipinski definition) is 0. The van der Waals surface area contributed by atoms with Crippen LogP contribution in [-0.4, -0.2) is 46.1 Å². The van der Waals surface area contributed by atoms with E-state index in [2.05, 4.69) is 31.4 Å². The van der Waals surface area contributed by atoms with Crippen LogP contribution in [0.5, 0.6) is 0 Å². The number of benzene rings is 1. The van der Waals surface area contributed by atoms with Crippen molar-refractivity contribution in [1.82, 2.24) is 13.9 Å². The molecule has 0 atom stereocenters. The van der Waals surface area contributed by atoms with E-state index in [9.17, 15) is 8.78 Å². The minimum absolute atomic E-state index is 0.0585. The molecular weight excluding hydrogens is 368 g/mol. The van der Waals surface area contributed by atoms with Gasteiger partial charge in [0.05, 0.1) is 24.1 Å². The van der Waals surface area contributed by atoms with Crippen LogP contribution in [-0.2, 0) is 16.7 Å². The van der Waals surface area contributed by atoms with Crippen LogP contribution in [0.25, 0.3) is 11.0 Å². The molecule has 2 aliphatic rings. The molecule has 7 heteroatoms. The molecule has 2 aromatic rings. The highest BCUT2D eigenvalue weighted by atomic mass is 32.2. The molecule has 3 heterocycles. The Kier molecular flexibility index (Phi) is 4.97. The summed E-state index contributed by atoms with van der Waals surface area (Å²) in [6, 6.07) is 6.15. The Morgan fingerprint density at radius 2 is 1.93 bits per heavy atom. The number of ether oxygens (including phenoxy) is 1. The van der Waals surface area contributed by atoms with Crippen LogP contribution in [0.2, 0.25) is 0 Å². The molecule has 4 rings (SSSR count). The third-order valence-electron chi connectivity index (χ3n) is 5.22. The van der Waals surface area contributed by atoms with Gasteiger partial charge in [-0.05, 0) is 48.9 Å². The maximum Gasteiger partial charge on any atom is 0.274 e. The largest absolute Gasteiger partial charge is 0.381 e. The average molecular weight is 396 g/mol. The van der Waals surface area contributed by atoms with Crippen molar-refractivity contribution >= 4 is 23.0 Å². The van der Waals surface area contributed by atoms with Crippen molar-refractivity contribution in [3.05, 3.63) is 24.0 Å². The maximum absolute atomic E-state index is 13.1. The van der Waals surface area contributed by atoms with E-state index in [0.717, 1.165) is 54.4 Å². The first kappa shape index (κ1) is 19.2. The molecule has 2 saturated heterocycles. The quantitative estimate of drug-likeness (QED) is 0.701. The molecule has 0 radical (unpaired) electrons. The van der Waals surface area contributed by atoms with Gasteiger partial charge in [0.15, 0.2) is 0 Å². The molecule has 0 saturated carbocycles. The fourth-order valence-electron chi connectivity index (χ4n) is 3.79. The summed E-state index contributed by atoms with van der Waals surface area (Å²) in [5, 5.41) is 0. The lowest BCUT2D eigenvalue weighted by atomic mass is 9.94. The summed E-state index contributed by atoms with van der Waals surface area (Å²) in [7, 11) is 0. The molecule has 0 amide bonds. The zero-order valence-electron chi connectivity index (χ0n) is 16.2. The molecule has 0 aliphatic carbocycles. The SMILES string of the molecule is CC(C)(C)c1nc2cc(SN3CC(F)(F)C3)ccc2n1CC1CCOCC1. The Bertz CT molecular complexity index is 816. The summed E-state index contributed by atoms with van der Waals surface area (Å²) in [4.78, 5) is 5.91. The first-order valence-electron chi connectivity index (χ1n) is 9.61. The van der Waals surface area contributed by atoms with Gasteiger partial charge >= 0.3 is 0 Å². The van der Waals surface area contributed by atoms with E-state index >= 15 is 0 Å². The lowest BCUT2D eigenvalue weighted by Gasteiger charge is -2.37. The number of halogens is 2. The molecule has 0 N–H and O–H groups in total. The highest BCUT2D eigenvalue weighted by Crippen LogP contribution is 2.37. The van der Waals surface area contributed by atoms with Crippen LogP contribution in [0.15, 0.2) is 23.1 Å². The second-order valence-corrected chi connectivity index (χ2v) is 9.92. The van der Waals surface area contributed by atoms with Crippen molar-refractivity contribution in [2.45, 2.75) is 56.4 Å². The normalized spacial score (nSPS) is 21.5. The summed E-state index contributed by atoms with van der Waals surface area (Å²) in [5.74, 6) is -0.849. The van der Waals surface area contributed by atoms with E-state index in [1.165, 1.54) is 11.9 Å². The summed E-state index contributed by atoms with van der Waals surface area (Å²) >= 11 is 1.39. The van der Waals surface area contributed by atoms with Gasteiger partial charge in [0.1, 0.15) is 5.82 Å². The molecule has 2 aliphatic heterocycles. The van der Waals surface area contributed by atoms with E-state index in [1.807, 2.05) is 12.1 Å². The van der Waals surface area contributed by atoms with Gasteiger partial charge in [-0.25, -0.2) is 18.1 Å². The molecule has 0 unspecified atom stereocenters. The maximum atomic E-state index is 13.1.